The van der Waals surface area contributed by atoms with Crippen LogP contribution >= 0.6 is 11.3 Å². The van der Waals surface area contributed by atoms with Gasteiger partial charge in [-0.1, -0.05) is 6.42 Å². The average molecular weight is 447 g/mol. The van der Waals surface area contributed by atoms with Crippen LogP contribution < -0.4 is 5.32 Å². The van der Waals surface area contributed by atoms with E-state index in [9.17, 15) is 14.4 Å². The minimum atomic E-state index is -0.442. The third kappa shape index (κ3) is 4.35. The molecule has 0 saturated carbocycles. The van der Waals surface area contributed by atoms with Crippen LogP contribution in [0.25, 0.3) is 0 Å². The highest BCUT2D eigenvalue weighted by Gasteiger charge is 2.28. The van der Waals surface area contributed by atoms with Gasteiger partial charge >= 0.3 is 5.97 Å². The van der Waals surface area contributed by atoms with Crippen LogP contribution in [0, 0.1) is 0 Å². The van der Waals surface area contributed by atoms with Gasteiger partial charge in [0.1, 0.15) is 10.7 Å². The van der Waals surface area contributed by atoms with Crippen molar-refractivity contribution in [2.45, 2.75) is 32.1 Å². The van der Waals surface area contributed by atoms with Gasteiger partial charge in [-0.05, 0) is 31.2 Å². The average Bonchev–Trinajstić information content (AvgIpc) is 3.25. The summed E-state index contributed by atoms with van der Waals surface area (Å²) in [7, 11) is 2.97. The van der Waals surface area contributed by atoms with E-state index >= 15 is 0 Å². The predicted molar refractivity (Wildman–Crippen MR) is 115 cm³/mol. The molecule has 1 fully saturated rings. The van der Waals surface area contributed by atoms with E-state index < -0.39 is 11.9 Å². The van der Waals surface area contributed by atoms with Gasteiger partial charge in [-0.3, -0.25) is 14.3 Å². The number of ether oxygens (including phenoxy) is 2. The molecule has 0 aromatic carbocycles. The van der Waals surface area contributed by atoms with Crippen molar-refractivity contribution in [3.05, 3.63) is 33.5 Å². The summed E-state index contributed by atoms with van der Waals surface area (Å²) in [5.41, 5.74) is 1.89. The van der Waals surface area contributed by atoms with Gasteiger partial charge in [0.25, 0.3) is 11.8 Å². The fraction of sp³-hybridized carbons (Fsp3) is 0.524. The smallest absolute Gasteiger partial charge is 0.341 e. The van der Waals surface area contributed by atoms with E-state index in [0.717, 1.165) is 42.5 Å². The third-order valence-electron chi connectivity index (χ3n) is 5.67. The Morgan fingerprint density at radius 3 is 2.65 bits per heavy atom. The number of esters is 1. The zero-order valence-electron chi connectivity index (χ0n) is 17.7. The number of anilines is 1. The molecule has 1 N–H and O–H groups in total. The first-order chi connectivity index (χ1) is 15.0. The molecule has 1 saturated heterocycles. The Morgan fingerprint density at radius 2 is 1.90 bits per heavy atom. The molecular weight excluding hydrogens is 420 g/mol. The summed E-state index contributed by atoms with van der Waals surface area (Å²) < 4.78 is 11.7. The van der Waals surface area contributed by atoms with E-state index in [0.29, 0.717) is 36.9 Å². The van der Waals surface area contributed by atoms with Crippen molar-refractivity contribution in [2.24, 2.45) is 7.05 Å². The maximum atomic E-state index is 13.0. The number of rotatable bonds is 4. The highest BCUT2D eigenvalue weighted by molar-refractivity contribution is 7.17. The molecule has 0 radical (unpaired) electrons. The number of nitrogens with zero attached hydrogens (tertiary/aromatic N) is 3. The van der Waals surface area contributed by atoms with Gasteiger partial charge in [0.2, 0.25) is 0 Å². The van der Waals surface area contributed by atoms with Crippen molar-refractivity contribution in [3.8, 4) is 0 Å². The van der Waals surface area contributed by atoms with Gasteiger partial charge in [-0.25, -0.2) is 4.79 Å². The zero-order chi connectivity index (χ0) is 22.0. The van der Waals surface area contributed by atoms with E-state index in [2.05, 4.69) is 10.4 Å². The molecule has 1 aliphatic heterocycles. The molecule has 0 bridgehead atoms. The Morgan fingerprint density at radius 1 is 1.16 bits per heavy atom. The topological polar surface area (TPSA) is 103 Å². The quantitative estimate of drug-likeness (QED) is 0.571. The van der Waals surface area contributed by atoms with Crippen molar-refractivity contribution >= 4 is 34.1 Å². The Kier molecular flexibility index (Phi) is 6.38. The summed E-state index contributed by atoms with van der Waals surface area (Å²) in [6, 6.07) is 1.49. The molecule has 0 spiro atoms. The fourth-order valence-corrected chi connectivity index (χ4v) is 5.30. The third-order valence-corrected chi connectivity index (χ3v) is 6.87. The molecular formula is C21H26N4O5S. The minimum absolute atomic E-state index is 0.213. The lowest BCUT2D eigenvalue weighted by Crippen LogP contribution is -2.40. The number of hydrogen-bond acceptors (Lipinski definition) is 7. The number of amides is 2. The van der Waals surface area contributed by atoms with E-state index in [1.807, 2.05) is 0 Å². The highest BCUT2D eigenvalue weighted by atomic mass is 32.1. The number of morpholine rings is 1. The number of aromatic nitrogens is 2. The molecule has 0 unspecified atom stereocenters. The first kappa shape index (κ1) is 21.5. The van der Waals surface area contributed by atoms with Crippen LogP contribution in [0.5, 0.6) is 0 Å². The first-order valence-electron chi connectivity index (χ1n) is 10.4. The number of aryl methyl sites for hydroxylation is 2. The predicted octanol–water partition coefficient (Wildman–Crippen LogP) is 2.26. The van der Waals surface area contributed by atoms with Crippen LogP contribution in [0.15, 0.2) is 6.07 Å². The molecule has 2 aromatic heterocycles. The van der Waals surface area contributed by atoms with Crippen LogP contribution in [0.1, 0.15) is 61.0 Å². The van der Waals surface area contributed by atoms with Crippen LogP contribution in [-0.2, 0) is 29.4 Å². The van der Waals surface area contributed by atoms with Crippen LogP contribution in [0.2, 0.25) is 0 Å². The zero-order valence-corrected chi connectivity index (χ0v) is 18.5. The highest BCUT2D eigenvalue weighted by Crippen LogP contribution is 2.38. The summed E-state index contributed by atoms with van der Waals surface area (Å²) in [6.45, 7) is 1.98. The van der Waals surface area contributed by atoms with Crippen LogP contribution in [0.4, 0.5) is 5.00 Å². The second-order valence-electron chi connectivity index (χ2n) is 7.66. The molecule has 9 nitrogen and oxygen atoms in total. The molecule has 3 heterocycles. The SMILES string of the molecule is COC(=O)c1c(NC(=O)c2cc(C(=O)N3CCOCC3)nn2C)sc2c1CCCCC2. The molecule has 10 heteroatoms. The van der Waals surface area contributed by atoms with E-state index in [4.69, 9.17) is 9.47 Å². The lowest BCUT2D eigenvalue weighted by atomic mass is 10.1. The Hall–Kier alpha value is -2.72. The van der Waals surface area contributed by atoms with Gasteiger partial charge in [0.15, 0.2) is 5.69 Å². The van der Waals surface area contributed by atoms with Gasteiger partial charge in [-0.15, -0.1) is 11.3 Å². The number of nitrogens with one attached hydrogen (secondary N) is 1. The monoisotopic (exact) mass is 446 g/mol. The van der Waals surface area contributed by atoms with Crippen molar-refractivity contribution in [1.82, 2.24) is 14.7 Å². The van der Waals surface area contributed by atoms with Crippen LogP contribution in [0.3, 0.4) is 0 Å². The van der Waals surface area contributed by atoms with Gasteiger partial charge in [0.05, 0.1) is 25.9 Å². The molecule has 166 valence electrons. The van der Waals surface area contributed by atoms with Crippen molar-refractivity contribution in [1.29, 1.82) is 0 Å². The molecule has 0 atom stereocenters. The van der Waals surface area contributed by atoms with E-state index in [1.54, 1.807) is 11.9 Å². The minimum Gasteiger partial charge on any atom is -0.465 e. The second kappa shape index (κ2) is 9.19. The lowest BCUT2D eigenvalue weighted by molar-refractivity contribution is 0.0298. The summed E-state index contributed by atoms with van der Waals surface area (Å²) in [5, 5.41) is 7.59. The maximum Gasteiger partial charge on any atom is 0.341 e. The summed E-state index contributed by atoms with van der Waals surface area (Å²) in [5.74, 6) is -1.09. The first-order valence-corrected chi connectivity index (χ1v) is 11.3. The van der Waals surface area contributed by atoms with E-state index in [1.165, 1.54) is 29.2 Å². The van der Waals surface area contributed by atoms with Gasteiger partial charge in [0, 0.05) is 31.1 Å². The number of hydrogen-bond donors (Lipinski definition) is 1. The molecule has 31 heavy (non-hydrogen) atoms. The molecule has 2 aromatic rings. The van der Waals surface area contributed by atoms with Gasteiger partial charge < -0.3 is 19.7 Å². The Balaban J connectivity index is 1.58. The molecule has 4 rings (SSSR count). The maximum absolute atomic E-state index is 13.0. The van der Waals surface area contributed by atoms with Gasteiger partial charge in [-0.2, -0.15) is 5.10 Å². The Bertz CT molecular complexity index is 1010. The Labute approximate surface area is 184 Å². The molecule has 2 amide bonds. The van der Waals surface area contributed by atoms with Crippen LogP contribution in [-0.4, -0.2) is 65.9 Å². The molecule has 2 aliphatic rings. The largest absolute Gasteiger partial charge is 0.465 e. The standard InChI is InChI=1S/C21H26N4O5S/c1-24-15(12-14(23-24)20(27)25-8-10-30-11-9-25)18(26)22-19-17(21(28)29-2)13-6-4-3-5-7-16(13)31-19/h12H,3-11H2,1-2H3,(H,22,26). The number of carbonyl (C=O) groups excluding carboxylic acids is 3. The number of methoxy groups -OCH3 is 1. The summed E-state index contributed by atoms with van der Waals surface area (Å²) >= 11 is 1.43. The number of carbonyl (C=O) groups is 3. The van der Waals surface area contributed by atoms with Crippen molar-refractivity contribution < 1.29 is 23.9 Å². The van der Waals surface area contributed by atoms with Crippen molar-refractivity contribution in [3.63, 3.8) is 0 Å². The second-order valence-corrected chi connectivity index (χ2v) is 8.76. The van der Waals surface area contributed by atoms with Crippen molar-refractivity contribution in [2.75, 3.05) is 38.7 Å². The summed E-state index contributed by atoms with van der Waals surface area (Å²) in [4.78, 5) is 41.0. The normalized spacial score (nSPS) is 16.4. The molecule has 1 aliphatic carbocycles. The fourth-order valence-electron chi connectivity index (χ4n) is 4.03. The number of thiophene rings is 1. The number of fused-ring (bicyclic) bond motifs is 1. The summed E-state index contributed by atoms with van der Waals surface area (Å²) in [6.07, 6.45) is 4.89. The van der Waals surface area contributed by atoms with E-state index in [-0.39, 0.29) is 17.3 Å². The lowest BCUT2D eigenvalue weighted by Gasteiger charge is -2.25.